The molecule has 0 saturated carbocycles. The van der Waals surface area contributed by atoms with E-state index in [0.29, 0.717) is 6.04 Å². The molecular formula is C16H26BrN. The Balaban J connectivity index is 2.73. The van der Waals surface area contributed by atoms with Crippen molar-refractivity contribution in [3.8, 4) is 0 Å². The van der Waals surface area contributed by atoms with Crippen molar-refractivity contribution in [2.24, 2.45) is 5.92 Å². The lowest BCUT2D eigenvalue weighted by molar-refractivity contribution is 0.371. The van der Waals surface area contributed by atoms with Crippen molar-refractivity contribution in [1.82, 2.24) is 5.32 Å². The Morgan fingerprint density at radius 2 is 1.67 bits per heavy atom. The normalized spacial score (nSPS) is 12.9. The summed E-state index contributed by atoms with van der Waals surface area (Å²) in [4.78, 5) is 0. The first-order chi connectivity index (χ1) is 8.71. The molecule has 1 rings (SSSR count). The van der Waals surface area contributed by atoms with E-state index in [4.69, 9.17) is 0 Å². The molecule has 0 fully saturated rings. The topological polar surface area (TPSA) is 12.0 Å². The lowest BCUT2D eigenvalue weighted by Crippen LogP contribution is -2.24. The van der Waals surface area contributed by atoms with Crippen molar-refractivity contribution < 1.29 is 0 Å². The van der Waals surface area contributed by atoms with Crippen molar-refractivity contribution in [2.75, 3.05) is 6.54 Å². The van der Waals surface area contributed by atoms with Crippen molar-refractivity contribution >= 4 is 15.9 Å². The largest absolute Gasteiger partial charge is 0.310 e. The van der Waals surface area contributed by atoms with Gasteiger partial charge in [-0.1, -0.05) is 61.7 Å². The highest BCUT2D eigenvalue weighted by Crippen LogP contribution is 2.26. The molecular weight excluding hydrogens is 286 g/mol. The van der Waals surface area contributed by atoms with Crippen LogP contribution in [-0.4, -0.2) is 6.54 Å². The zero-order chi connectivity index (χ0) is 13.4. The van der Waals surface area contributed by atoms with Gasteiger partial charge < -0.3 is 5.32 Å². The molecule has 102 valence electrons. The standard InChI is InChI=1S/C16H26BrN/c1-4-11-18-16(12-13(5-2)6-3)14-7-9-15(17)10-8-14/h7-10,13,16,18H,4-6,11-12H2,1-3H3. The summed E-state index contributed by atoms with van der Waals surface area (Å²) in [6.45, 7) is 7.92. The smallest absolute Gasteiger partial charge is 0.0322 e. The minimum Gasteiger partial charge on any atom is -0.310 e. The average Bonchev–Trinajstić information content (AvgIpc) is 2.40. The van der Waals surface area contributed by atoms with E-state index < -0.39 is 0 Å². The predicted octanol–water partition coefficient (Wildman–Crippen LogP) is 5.32. The van der Waals surface area contributed by atoms with E-state index >= 15 is 0 Å². The maximum absolute atomic E-state index is 3.69. The minimum absolute atomic E-state index is 0.503. The summed E-state index contributed by atoms with van der Waals surface area (Å²) in [6, 6.07) is 9.26. The van der Waals surface area contributed by atoms with E-state index in [1.807, 2.05) is 0 Å². The third kappa shape index (κ3) is 5.11. The quantitative estimate of drug-likeness (QED) is 0.685. The second-order valence-electron chi connectivity index (χ2n) is 4.98. The molecule has 0 aliphatic carbocycles. The molecule has 0 heterocycles. The Morgan fingerprint density at radius 1 is 1.06 bits per heavy atom. The molecule has 0 aliphatic heterocycles. The molecule has 0 saturated heterocycles. The lowest BCUT2D eigenvalue weighted by Gasteiger charge is -2.23. The SMILES string of the molecule is CCCNC(CC(CC)CC)c1ccc(Br)cc1. The summed E-state index contributed by atoms with van der Waals surface area (Å²) in [5.74, 6) is 0.822. The highest BCUT2D eigenvalue weighted by atomic mass is 79.9. The molecule has 0 aliphatic rings. The van der Waals surface area contributed by atoms with Gasteiger partial charge in [-0.25, -0.2) is 0 Å². The van der Waals surface area contributed by atoms with Gasteiger partial charge in [-0.3, -0.25) is 0 Å². The second kappa shape index (κ2) is 8.71. The summed E-state index contributed by atoms with van der Waals surface area (Å²) < 4.78 is 1.16. The number of halogens is 1. The van der Waals surface area contributed by atoms with Crippen molar-refractivity contribution in [3.63, 3.8) is 0 Å². The van der Waals surface area contributed by atoms with Crippen LogP contribution in [0.25, 0.3) is 0 Å². The highest BCUT2D eigenvalue weighted by molar-refractivity contribution is 9.10. The van der Waals surface area contributed by atoms with Gasteiger partial charge in [0.05, 0.1) is 0 Å². The molecule has 1 aromatic rings. The zero-order valence-electron chi connectivity index (χ0n) is 11.9. The zero-order valence-corrected chi connectivity index (χ0v) is 13.5. The summed E-state index contributed by atoms with van der Waals surface area (Å²) >= 11 is 3.51. The fourth-order valence-corrected chi connectivity index (χ4v) is 2.57. The molecule has 2 heteroatoms. The van der Waals surface area contributed by atoms with Crippen LogP contribution in [0.15, 0.2) is 28.7 Å². The third-order valence-electron chi connectivity index (χ3n) is 3.64. The molecule has 0 bridgehead atoms. The van der Waals surface area contributed by atoms with Crippen LogP contribution in [-0.2, 0) is 0 Å². The number of benzene rings is 1. The first-order valence-corrected chi connectivity index (χ1v) is 7.99. The molecule has 1 atom stereocenters. The van der Waals surface area contributed by atoms with Gasteiger partial charge in [-0.15, -0.1) is 0 Å². The van der Waals surface area contributed by atoms with Crippen molar-refractivity contribution in [2.45, 2.75) is 52.5 Å². The molecule has 1 unspecified atom stereocenters. The molecule has 0 amide bonds. The van der Waals surface area contributed by atoms with Crippen LogP contribution < -0.4 is 5.32 Å². The maximum atomic E-state index is 3.69. The Labute approximate surface area is 120 Å². The Bertz CT molecular complexity index is 316. The first kappa shape index (κ1) is 15.7. The van der Waals surface area contributed by atoms with E-state index in [9.17, 15) is 0 Å². The van der Waals surface area contributed by atoms with Crippen LogP contribution >= 0.6 is 15.9 Å². The van der Waals surface area contributed by atoms with Gasteiger partial charge in [-0.05, 0) is 43.0 Å². The van der Waals surface area contributed by atoms with Crippen molar-refractivity contribution in [1.29, 1.82) is 0 Å². The number of nitrogens with one attached hydrogen (secondary N) is 1. The Hall–Kier alpha value is -0.340. The average molecular weight is 312 g/mol. The van der Waals surface area contributed by atoms with Crippen LogP contribution in [0.2, 0.25) is 0 Å². The molecule has 1 nitrogen and oxygen atoms in total. The molecule has 18 heavy (non-hydrogen) atoms. The number of rotatable bonds is 8. The van der Waals surface area contributed by atoms with Gasteiger partial charge in [0.1, 0.15) is 0 Å². The van der Waals surface area contributed by atoms with E-state index in [0.717, 1.165) is 16.9 Å². The van der Waals surface area contributed by atoms with Gasteiger partial charge in [0.2, 0.25) is 0 Å². The summed E-state index contributed by atoms with van der Waals surface area (Å²) in [7, 11) is 0. The fraction of sp³-hybridized carbons (Fsp3) is 0.625. The van der Waals surface area contributed by atoms with Gasteiger partial charge in [-0.2, -0.15) is 0 Å². The van der Waals surface area contributed by atoms with Crippen LogP contribution in [0.3, 0.4) is 0 Å². The van der Waals surface area contributed by atoms with Crippen LogP contribution in [0.1, 0.15) is 58.1 Å². The van der Waals surface area contributed by atoms with Crippen molar-refractivity contribution in [3.05, 3.63) is 34.3 Å². The molecule has 0 spiro atoms. The van der Waals surface area contributed by atoms with Crippen LogP contribution in [0.5, 0.6) is 0 Å². The van der Waals surface area contributed by atoms with E-state index in [1.54, 1.807) is 0 Å². The van der Waals surface area contributed by atoms with Gasteiger partial charge in [0, 0.05) is 10.5 Å². The predicted molar refractivity (Wildman–Crippen MR) is 83.9 cm³/mol. The third-order valence-corrected chi connectivity index (χ3v) is 4.17. The van der Waals surface area contributed by atoms with Gasteiger partial charge >= 0.3 is 0 Å². The molecule has 0 radical (unpaired) electrons. The van der Waals surface area contributed by atoms with Gasteiger partial charge in [0.25, 0.3) is 0 Å². The highest BCUT2D eigenvalue weighted by Gasteiger charge is 2.15. The first-order valence-electron chi connectivity index (χ1n) is 7.20. The maximum Gasteiger partial charge on any atom is 0.0322 e. The fourth-order valence-electron chi connectivity index (χ4n) is 2.31. The Kier molecular flexibility index (Phi) is 7.60. The van der Waals surface area contributed by atoms with Crippen LogP contribution in [0.4, 0.5) is 0 Å². The number of hydrogen-bond acceptors (Lipinski definition) is 1. The summed E-state index contributed by atoms with van der Waals surface area (Å²) in [6.07, 6.45) is 4.99. The van der Waals surface area contributed by atoms with E-state index in [2.05, 4.69) is 66.3 Å². The van der Waals surface area contributed by atoms with E-state index in [-0.39, 0.29) is 0 Å². The summed E-state index contributed by atoms with van der Waals surface area (Å²) in [5.41, 5.74) is 1.42. The molecule has 0 aromatic heterocycles. The van der Waals surface area contributed by atoms with Gasteiger partial charge in [0.15, 0.2) is 0 Å². The Morgan fingerprint density at radius 3 is 2.17 bits per heavy atom. The van der Waals surface area contributed by atoms with Crippen LogP contribution in [0, 0.1) is 5.92 Å². The van der Waals surface area contributed by atoms with E-state index in [1.165, 1.54) is 31.2 Å². The summed E-state index contributed by atoms with van der Waals surface area (Å²) in [5, 5.41) is 3.69. The molecule has 1 aromatic carbocycles. The number of hydrogen-bond donors (Lipinski definition) is 1. The lowest BCUT2D eigenvalue weighted by atomic mass is 9.91. The molecule has 1 N–H and O–H groups in total. The second-order valence-corrected chi connectivity index (χ2v) is 5.89. The minimum atomic E-state index is 0.503. The monoisotopic (exact) mass is 311 g/mol.